The van der Waals surface area contributed by atoms with Crippen molar-refractivity contribution < 1.29 is 73.1 Å². The molecule has 11 heavy (non-hydrogen) atoms. The largest absolute Gasteiger partial charge is 1.00 e. The fourth-order valence-corrected chi connectivity index (χ4v) is 0.935. The Kier molecular flexibility index (Phi) is 9.31. The molecule has 3 nitrogen and oxygen atoms in total. The minimum Gasteiger partial charge on any atom is -0.748 e. The summed E-state index contributed by atoms with van der Waals surface area (Å²) in [5, 5.41) is 0. The smallest absolute Gasteiger partial charge is 0.748 e. The quantitative estimate of drug-likeness (QED) is 0.385. The SMILES string of the molecule is O=S(=O)([O-])CCCC(F)F.[K+]. The Morgan fingerprint density at radius 1 is 1.36 bits per heavy atom. The van der Waals surface area contributed by atoms with Crippen LogP contribution in [-0.2, 0) is 10.1 Å². The number of hydrogen-bond donors (Lipinski definition) is 0. The van der Waals surface area contributed by atoms with Crippen LogP contribution >= 0.6 is 0 Å². The van der Waals surface area contributed by atoms with Gasteiger partial charge in [-0.2, -0.15) is 0 Å². The Labute approximate surface area is 107 Å². The molecule has 0 heterocycles. The second kappa shape index (κ2) is 6.87. The number of hydrogen-bond acceptors (Lipinski definition) is 3. The molecule has 0 rings (SSSR count). The second-order valence-corrected chi connectivity index (χ2v) is 3.32. The van der Waals surface area contributed by atoms with E-state index in [2.05, 4.69) is 0 Å². The van der Waals surface area contributed by atoms with Gasteiger partial charge >= 0.3 is 51.4 Å². The van der Waals surface area contributed by atoms with Crippen molar-refractivity contribution in [3.8, 4) is 0 Å². The van der Waals surface area contributed by atoms with E-state index in [1.807, 2.05) is 0 Å². The van der Waals surface area contributed by atoms with Gasteiger partial charge in [-0.1, -0.05) is 0 Å². The van der Waals surface area contributed by atoms with E-state index in [4.69, 9.17) is 0 Å². The Morgan fingerprint density at radius 3 is 2.09 bits per heavy atom. The van der Waals surface area contributed by atoms with Crippen molar-refractivity contribution in [3.05, 3.63) is 0 Å². The molecule has 0 aliphatic rings. The van der Waals surface area contributed by atoms with Gasteiger partial charge in [0.05, 0.1) is 10.1 Å². The van der Waals surface area contributed by atoms with Crippen molar-refractivity contribution in [2.24, 2.45) is 0 Å². The van der Waals surface area contributed by atoms with Crippen LogP contribution in [-0.4, -0.2) is 25.1 Å². The van der Waals surface area contributed by atoms with Crippen LogP contribution in [0.2, 0.25) is 0 Å². The third kappa shape index (κ3) is 14.3. The zero-order valence-electron chi connectivity index (χ0n) is 6.09. The zero-order chi connectivity index (χ0) is 8.20. The molecule has 0 bridgehead atoms. The molecular weight excluding hydrogens is 205 g/mol. The normalized spacial score (nSPS) is 11.3. The molecule has 0 N–H and O–H groups in total. The van der Waals surface area contributed by atoms with Crippen LogP contribution in [0.4, 0.5) is 8.78 Å². The van der Waals surface area contributed by atoms with Gasteiger partial charge in [-0.15, -0.1) is 0 Å². The Bertz CT molecular complexity index is 180. The van der Waals surface area contributed by atoms with Gasteiger partial charge in [-0.25, -0.2) is 17.2 Å². The summed E-state index contributed by atoms with van der Waals surface area (Å²) in [6, 6.07) is 0. The Morgan fingerprint density at radius 2 is 1.82 bits per heavy atom. The van der Waals surface area contributed by atoms with Gasteiger partial charge in [0.1, 0.15) is 0 Å². The first kappa shape index (κ1) is 14.9. The van der Waals surface area contributed by atoms with E-state index in [0.29, 0.717) is 0 Å². The van der Waals surface area contributed by atoms with E-state index in [1.165, 1.54) is 0 Å². The van der Waals surface area contributed by atoms with Gasteiger partial charge in [0.2, 0.25) is 6.43 Å². The summed E-state index contributed by atoms with van der Waals surface area (Å²) in [6.07, 6.45) is -3.31. The molecule has 0 aliphatic carbocycles. The number of rotatable bonds is 4. The van der Waals surface area contributed by atoms with Gasteiger partial charge in [0.15, 0.2) is 0 Å². The van der Waals surface area contributed by atoms with E-state index in [9.17, 15) is 21.8 Å². The van der Waals surface area contributed by atoms with Crippen LogP contribution < -0.4 is 51.4 Å². The van der Waals surface area contributed by atoms with Crippen LogP contribution in [0.15, 0.2) is 0 Å². The van der Waals surface area contributed by atoms with Crippen molar-refractivity contribution in [2.75, 3.05) is 5.75 Å². The molecule has 0 radical (unpaired) electrons. The topological polar surface area (TPSA) is 57.2 Å². The second-order valence-electron chi connectivity index (χ2n) is 1.80. The van der Waals surface area contributed by atoms with Gasteiger partial charge < -0.3 is 4.55 Å². The minimum atomic E-state index is -4.30. The molecule has 0 atom stereocenters. The van der Waals surface area contributed by atoms with Gasteiger partial charge in [0, 0.05) is 12.2 Å². The molecule has 7 heteroatoms. The van der Waals surface area contributed by atoms with Crippen LogP contribution in [0.25, 0.3) is 0 Å². The summed E-state index contributed by atoms with van der Waals surface area (Å²) >= 11 is 0. The average Bonchev–Trinajstić information content (AvgIpc) is 1.59. The Hall–Kier alpha value is 1.41. The minimum absolute atomic E-state index is 0. The third-order valence-corrected chi connectivity index (χ3v) is 1.61. The van der Waals surface area contributed by atoms with Gasteiger partial charge in [0.25, 0.3) is 0 Å². The Balaban J connectivity index is 0. The van der Waals surface area contributed by atoms with E-state index in [1.54, 1.807) is 0 Å². The standard InChI is InChI=1S/C4H8F2O3S.K/c5-4(6)2-1-3-10(7,8)9;/h4H,1-3H2,(H,7,8,9);/q;+1/p-1. The van der Waals surface area contributed by atoms with Crippen molar-refractivity contribution >= 4 is 10.1 Å². The van der Waals surface area contributed by atoms with Crippen LogP contribution in [0.3, 0.4) is 0 Å². The predicted molar refractivity (Wildman–Crippen MR) is 29.8 cm³/mol. The molecule has 0 aromatic heterocycles. The van der Waals surface area contributed by atoms with Gasteiger partial charge in [-0.3, -0.25) is 0 Å². The summed E-state index contributed by atoms with van der Waals surface area (Å²) in [4.78, 5) is 0. The maximum Gasteiger partial charge on any atom is 1.00 e. The van der Waals surface area contributed by atoms with Gasteiger partial charge in [-0.05, 0) is 6.42 Å². The van der Waals surface area contributed by atoms with E-state index in [-0.39, 0.29) is 57.8 Å². The first-order valence-corrected chi connectivity index (χ1v) is 4.21. The molecule has 0 aromatic rings. The molecule has 0 amide bonds. The van der Waals surface area contributed by atoms with E-state index >= 15 is 0 Å². The monoisotopic (exact) mass is 212 g/mol. The molecule has 0 saturated carbocycles. The number of alkyl halides is 2. The van der Waals surface area contributed by atoms with Crippen molar-refractivity contribution in [1.82, 2.24) is 0 Å². The molecule has 0 aliphatic heterocycles. The third-order valence-electron chi connectivity index (χ3n) is 0.817. The first-order chi connectivity index (χ1) is 4.42. The van der Waals surface area contributed by atoms with Crippen molar-refractivity contribution in [3.63, 3.8) is 0 Å². The average molecular weight is 212 g/mol. The molecule has 0 aromatic carbocycles. The molecule has 62 valence electrons. The van der Waals surface area contributed by atoms with E-state index in [0.717, 1.165) is 0 Å². The summed E-state index contributed by atoms with van der Waals surface area (Å²) in [6.45, 7) is 0. The summed E-state index contributed by atoms with van der Waals surface area (Å²) < 4.78 is 52.1. The molecule has 0 saturated heterocycles. The van der Waals surface area contributed by atoms with Crippen molar-refractivity contribution in [1.29, 1.82) is 0 Å². The molecular formula is C4H7F2KO3S. The maximum absolute atomic E-state index is 11.3. The van der Waals surface area contributed by atoms with Crippen LogP contribution in [0, 0.1) is 0 Å². The zero-order valence-corrected chi connectivity index (χ0v) is 10.0. The fraction of sp³-hybridized carbons (Fsp3) is 1.00. The van der Waals surface area contributed by atoms with Crippen LogP contribution in [0.1, 0.15) is 12.8 Å². The molecule has 0 spiro atoms. The van der Waals surface area contributed by atoms with Crippen LogP contribution in [0.5, 0.6) is 0 Å². The summed E-state index contributed by atoms with van der Waals surface area (Å²) in [5.41, 5.74) is 0. The summed E-state index contributed by atoms with van der Waals surface area (Å²) in [7, 11) is -4.30. The molecule has 0 unspecified atom stereocenters. The first-order valence-electron chi connectivity index (χ1n) is 2.63. The van der Waals surface area contributed by atoms with E-state index < -0.39 is 28.7 Å². The van der Waals surface area contributed by atoms with Crippen molar-refractivity contribution in [2.45, 2.75) is 19.3 Å². The maximum atomic E-state index is 11.3. The fourth-order valence-electron chi connectivity index (χ4n) is 0.414. The number of halogens is 2. The summed E-state index contributed by atoms with van der Waals surface area (Å²) in [5.74, 6) is -0.697. The predicted octanol–water partition coefficient (Wildman–Crippen LogP) is -2.42. The molecule has 0 fully saturated rings.